The molecule has 0 spiro atoms. The van der Waals surface area contributed by atoms with Crippen LogP contribution < -0.4 is 4.90 Å². The van der Waals surface area contributed by atoms with Crippen molar-refractivity contribution >= 4 is 80.1 Å². The highest BCUT2D eigenvalue weighted by Crippen LogP contribution is 2.58. The molecule has 0 N–H and O–H groups in total. The lowest BCUT2D eigenvalue weighted by molar-refractivity contribution is 0.652. The minimum Gasteiger partial charge on any atom is -0.311 e. The Morgan fingerprint density at radius 3 is 1.26 bits per heavy atom. The van der Waals surface area contributed by atoms with Gasteiger partial charge in [-0.3, -0.25) is 0 Å². The minimum absolute atomic E-state index is 0.0673. The molecule has 2 aromatic heterocycles. The van der Waals surface area contributed by atoms with E-state index in [9.17, 15) is 0 Å². The molecule has 0 saturated heterocycles. The second-order valence-electron chi connectivity index (χ2n) is 20.0. The Morgan fingerprint density at radius 2 is 0.696 bits per heavy atom. The van der Waals surface area contributed by atoms with E-state index in [-0.39, 0.29) is 10.8 Å². The molecule has 3 heteroatoms. The third-order valence-corrected chi connectivity index (χ3v) is 18.0. The van der Waals surface area contributed by atoms with Gasteiger partial charge in [0, 0.05) is 68.2 Å². The molecular formula is C66H47NS2. The molecule has 0 radical (unpaired) electrons. The molecule has 0 atom stereocenters. The summed E-state index contributed by atoms with van der Waals surface area (Å²) >= 11 is 3.77. The number of hydrogen-bond donors (Lipinski definition) is 0. The van der Waals surface area contributed by atoms with Gasteiger partial charge < -0.3 is 4.90 Å². The van der Waals surface area contributed by atoms with Crippen molar-refractivity contribution in [2.75, 3.05) is 4.90 Å². The van der Waals surface area contributed by atoms with Crippen LogP contribution in [0, 0.1) is 0 Å². The zero-order chi connectivity index (χ0) is 46.2. The van der Waals surface area contributed by atoms with Gasteiger partial charge >= 0.3 is 0 Å². The largest absolute Gasteiger partial charge is 0.311 e. The third-order valence-electron chi connectivity index (χ3n) is 15.5. The molecule has 0 aliphatic heterocycles. The maximum absolute atomic E-state index is 2.54. The van der Waals surface area contributed by atoms with Gasteiger partial charge in [0.25, 0.3) is 0 Å². The van der Waals surface area contributed by atoms with E-state index in [0.29, 0.717) is 0 Å². The third kappa shape index (κ3) is 6.00. The number of fused-ring (bicyclic) bond motifs is 12. The fraction of sp³-hybridized carbons (Fsp3) is 0.0909. The van der Waals surface area contributed by atoms with Gasteiger partial charge in [0.2, 0.25) is 0 Å². The van der Waals surface area contributed by atoms with Crippen LogP contribution in [0.3, 0.4) is 0 Å². The van der Waals surface area contributed by atoms with Gasteiger partial charge in [-0.2, -0.15) is 0 Å². The average molecular weight is 918 g/mol. The highest BCUT2D eigenvalue weighted by atomic mass is 32.1. The van der Waals surface area contributed by atoms with Crippen molar-refractivity contribution < 1.29 is 0 Å². The zero-order valence-electron chi connectivity index (χ0n) is 39.0. The molecule has 12 aromatic rings. The average Bonchev–Trinajstić information content (AvgIpc) is 4.09. The fourth-order valence-electron chi connectivity index (χ4n) is 12.0. The Hall–Kier alpha value is -7.56. The summed E-state index contributed by atoms with van der Waals surface area (Å²) in [7, 11) is 0. The van der Waals surface area contributed by atoms with Crippen molar-refractivity contribution in [1.29, 1.82) is 0 Å². The molecule has 14 rings (SSSR count). The van der Waals surface area contributed by atoms with Crippen LogP contribution in [0.4, 0.5) is 17.1 Å². The summed E-state index contributed by atoms with van der Waals surface area (Å²) in [6.45, 7) is 9.59. The number of hydrogen-bond acceptors (Lipinski definition) is 3. The van der Waals surface area contributed by atoms with Crippen molar-refractivity contribution in [3.63, 3.8) is 0 Å². The maximum atomic E-state index is 2.54. The Kier molecular flexibility index (Phi) is 8.79. The van der Waals surface area contributed by atoms with Crippen LogP contribution in [0.15, 0.2) is 212 Å². The Balaban J connectivity index is 0.873. The monoisotopic (exact) mass is 917 g/mol. The first-order valence-corrected chi connectivity index (χ1v) is 25.7. The molecule has 0 fully saturated rings. The first kappa shape index (κ1) is 40.5. The molecule has 0 bridgehead atoms. The van der Waals surface area contributed by atoms with Gasteiger partial charge in [0.15, 0.2) is 0 Å². The first-order valence-electron chi connectivity index (χ1n) is 24.1. The SMILES string of the molecule is CC1(C)c2ccccc2-c2cc3c(cc21)-c1c(-c2ccc(N(c4ccc(-c5cccc6c5sc5ccccc56)cc4)c4ccc(-c5cccc6c5sc5ccccc56)cc4)cc2)cccc1C3(C)C. The lowest BCUT2D eigenvalue weighted by Crippen LogP contribution is -2.16. The standard InChI is InChI=1S/C66H47NS2/c1-65(2)56-22-8-5-14-49(56)54-38-59-55(39-58(54)65)62-46(17-13-23-57(62)66(59,3)4)40-26-32-43(33-27-40)67(44-34-28-41(29-35-44)47-18-11-20-52-50-15-6-9-24-60(50)68-63(47)52)45-36-30-42(31-37-45)48-19-12-21-53-51-16-7-10-25-61(51)69-64(48)53/h5-39H,1-4H3. The van der Waals surface area contributed by atoms with E-state index in [4.69, 9.17) is 0 Å². The number of nitrogens with zero attached hydrogens (tertiary/aromatic N) is 1. The number of benzene rings is 10. The molecule has 69 heavy (non-hydrogen) atoms. The first-order chi connectivity index (χ1) is 33.7. The molecule has 10 aromatic carbocycles. The zero-order valence-corrected chi connectivity index (χ0v) is 40.6. The summed E-state index contributed by atoms with van der Waals surface area (Å²) in [4.78, 5) is 2.41. The summed E-state index contributed by atoms with van der Waals surface area (Å²) in [6, 6.07) is 79.7. The van der Waals surface area contributed by atoms with Crippen LogP contribution in [0.25, 0.3) is 96.0 Å². The van der Waals surface area contributed by atoms with E-state index >= 15 is 0 Å². The topological polar surface area (TPSA) is 3.24 Å². The minimum atomic E-state index is -0.128. The van der Waals surface area contributed by atoms with Crippen LogP contribution in [0.2, 0.25) is 0 Å². The van der Waals surface area contributed by atoms with Crippen molar-refractivity contribution in [2.24, 2.45) is 0 Å². The number of rotatable bonds is 6. The van der Waals surface area contributed by atoms with E-state index in [1.165, 1.54) is 118 Å². The molecule has 328 valence electrons. The van der Waals surface area contributed by atoms with E-state index < -0.39 is 0 Å². The van der Waals surface area contributed by atoms with Crippen molar-refractivity contribution in [1.82, 2.24) is 0 Å². The maximum Gasteiger partial charge on any atom is 0.0462 e. The highest BCUT2D eigenvalue weighted by molar-refractivity contribution is 7.26. The normalized spacial score (nSPS) is 14.0. The van der Waals surface area contributed by atoms with Crippen LogP contribution in [0.5, 0.6) is 0 Å². The van der Waals surface area contributed by atoms with Crippen molar-refractivity contribution in [2.45, 2.75) is 38.5 Å². The van der Waals surface area contributed by atoms with E-state index in [1.54, 1.807) is 0 Å². The molecular weight excluding hydrogens is 871 g/mol. The highest BCUT2D eigenvalue weighted by Gasteiger charge is 2.42. The summed E-state index contributed by atoms with van der Waals surface area (Å²) in [6.07, 6.45) is 0. The van der Waals surface area contributed by atoms with E-state index in [0.717, 1.165) is 17.1 Å². The van der Waals surface area contributed by atoms with Crippen molar-refractivity contribution in [3.8, 4) is 55.6 Å². The fourth-order valence-corrected chi connectivity index (χ4v) is 14.5. The predicted octanol–water partition coefficient (Wildman–Crippen LogP) is 19.5. The molecule has 0 unspecified atom stereocenters. The van der Waals surface area contributed by atoms with Gasteiger partial charge in [0.05, 0.1) is 0 Å². The lowest BCUT2D eigenvalue weighted by Gasteiger charge is -2.26. The number of anilines is 3. The van der Waals surface area contributed by atoms with Gasteiger partial charge in [-0.1, -0.05) is 179 Å². The quantitative estimate of drug-likeness (QED) is 0.161. The van der Waals surface area contributed by atoms with Crippen LogP contribution in [-0.4, -0.2) is 0 Å². The Bertz CT molecular complexity index is 3890. The van der Waals surface area contributed by atoms with Gasteiger partial charge in [0.1, 0.15) is 0 Å². The Labute approximate surface area is 411 Å². The van der Waals surface area contributed by atoms with Crippen LogP contribution in [-0.2, 0) is 10.8 Å². The molecule has 2 aliphatic rings. The van der Waals surface area contributed by atoms with E-state index in [1.807, 2.05) is 22.7 Å². The van der Waals surface area contributed by atoms with Crippen molar-refractivity contribution in [3.05, 3.63) is 235 Å². The second kappa shape index (κ2) is 15.0. The van der Waals surface area contributed by atoms with Gasteiger partial charge in [-0.25, -0.2) is 0 Å². The van der Waals surface area contributed by atoms with Gasteiger partial charge in [-0.05, 0) is 139 Å². The molecule has 0 saturated carbocycles. The van der Waals surface area contributed by atoms with E-state index in [2.05, 4.69) is 245 Å². The predicted molar refractivity (Wildman–Crippen MR) is 298 cm³/mol. The van der Waals surface area contributed by atoms with Crippen LogP contribution >= 0.6 is 22.7 Å². The summed E-state index contributed by atoms with van der Waals surface area (Å²) < 4.78 is 5.31. The summed E-state index contributed by atoms with van der Waals surface area (Å²) in [5.41, 5.74) is 21.8. The summed E-state index contributed by atoms with van der Waals surface area (Å²) in [5.74, 6) is 0. The Morgan fingerprint density at radius 1 is 0.304 bits per heavy atom. The molecule has 2 heterocycles. The summed E-state index contributed by atoms with van der Waals surface area (Å²) in [5, 5.41) is 5.29. The molecule has 1 nitrogen and oxygen atoms in total. The molecule has 0 amide bonds. The number of thiophene rings is 2. The van der Waals surface area contributed by atoms with Gasteiger partial charge in [-0.15, -0.1) is 22.7 Å². The second-order valence-corrected chi connectivity index (χ2v) is 22.1. The lowest BCUT2D eigenvalue weighted by atomic mass is 9.79. The van der Waals surface area contributed by atoms with Crippen LogP contribution in [0.1, 0.15) is 49.9 Å². The molecule has 2 aliphatic carbocycles. The smallest absolute Gasteiger partial charge is 0.0462 e.